The van der Waals surface area contributed by atoms with Gasteiger partial charge >= 0.3 is 0 Å². The third-order valence-corrected chi connectivity index (χ3v) is 3.82. The summed E-state index contributed by atoms with van der Waals surface area (Å²) in [6.07, 6.45) is 1.36. The fraction of sp³-hybridized carbons (Fsp3) is 0. The van der Waals surface area contributed by atoms with Crippen LogP contribution in [0.2, 0.25) is 0 Å². The molecule has 0 radical (unpaired) electrons. The van der Waals surface area contributed by atoms with Gasteiger partial charge in [-0.05, 0) is 24.3 Å². The topological polar surface area (TPSA) is 34.1 Å². The Morgan fingerprint density at radius 2 is 1.42 bits per heavy atom. The van der Waals surface area contributed by atoms with Gasteiger partial charge in [0.2, 0.25) is 0 Å². The first-order chi connectivity index (χ1) is 9.18. The van der Waals surface area contributed by atoms with Crippen molar-refractivity contribution in [3.63, 3.8) is 0 Å². The van der Waals surface area contributed by atoms with Crippen molar-refractivity contribution in [2.75, 3.05) is 0 Å². The molecule has 0 aromatic heterocycles. The second-order valence-electron chi connectivity index (χ2n) is 3.80. The lowest BCUT2D eigenvalue weighted by molar-refractivity contribution is 0.604. The molecule has 2 rings (SSSR count). The number of sulfone groups is 1. The Balaban J connectivity index is 2.14. The highest BCUT2D eigenvalue weighted by atomic mass is 32.2. The predicted octanol–water partition coefficient (Wildman–Crippen LogP) is 3.03. The van der Waals surface area contributed by atoms with E-state index in [1.165, 1.54) is 6.08 Å². The van der Waals surface area contributed by atoms with Crippen molar-refractivity contribution in [1.29, 1.82) is 0 Å². The van der Waals surface area contributed by atoms with E-state index < -0.39 is 9.84 Å². The molecule has 0 N–H and O–H groups in total. The summed E-state index contributed by atoms with van der Waals surface area (Å²) in [5.74, 6) is 5.59. The standard InChI is InChI=1S/C16H12O2S/c17-19(18,16-12-5-2-6-13-16)14-8-7-11-15-9-3-1-4-10-15/h1-6,8-10,12-14H/b14-8+. The third-order valence-electron chi connectivity index (χ3n) is 2.39. The first-order valence-electron chi connectivity index (χ1n) is 5.72. The first kappa shape index (κ1) is 13.1. The van der Waals surface area contributed by atoms with Gasteiger partial charge in [-0.1, -0.05) is 48.2 Å². The van der Waals surface area contributed by atoms with Gasteiger partial charge in [-0.25, -0.2) is 8.42 Å². The monoisotopic (exact) mass is 268 g/mol. The van der Waals surface area contributed by atoms with Crippen LogP contribution in [0.3, 0.4) is 0 Å². The lowest BCUT2D eigenvalue weighted by Crippen LogP contribution is -1.94. The molecular weight excluding hydrogens is 256 g/mol. The maximum absolute atomic E-state index is 11.9. The third kappa shape index (κ3) is 3.84. The second kappa shape index (κ2) is 6.03. The highest BCUT2D eigenvalue weighted by molar-refractivity contribution is 7.94. The summed E-state index contributed by atoms with van der Waals surface area (Å²) in [6.45, 7) is 0. The first-order valence-corrected chi connectivity index (χ1v) is 7.26. The molecule has 0 aliphatic rings. The van der Waals surface area contributed by atoms with Gasteiger partial charge < -0.3 is 0 Å². The van der Waals surface area contributed by atoms with E-state index in [0.29, 0.717) is 0 Å². The van der Waals surface area contributed by atoms with Crippen molar-refractivity contribution in [3.05, 3.63) is 77.7 Å². The highest BCUT2D eigenvalue weighted by Gasteiger charge is 2.07. The zero-order valence-electron chi connectivity index (χ0n) is 10.2. The summed E-state index contributed by atoms with van der Waals surface area (Å²) in [5, 5.41) is 1.12. The zero-order chi connectivity index (χ0) is 13.6. The average molecular weight is 268 g/mol. The molecule has 0 saturated heterocycles. The number of rotatable bonds is 2. The van der Waals surface area contributed by atoms with E-state index in [0.717, 1.165) is 11.0 Å². The SMILES string of the molecule is O=S(=O)(/C=C/C#Cc1ccccc1)c1ccccc1. The van der Waals surface area contributed by atoms with Gasteiger partial charge in [0.05, 0.1) is 4.90 Å². The Labute approximate surface area is 113 Å². The Bertz CT molecular complexity index is 719. The fourth-order valence-electron chi connectivity index (χ4n) is 1.46. The zero-order valence-corrected chi connectivity index (χ0v) is 11.0. The molecule has 3 heteroatoms. The molecule has 0 aliphatic carbocycles. The molecule has 2 aromatic carbocycles. The van der Waals surface area contributed by atoms with Crippen LogP contribution in [0.4, 0.5) is 0 Å². The van der Waals surface area contributed by atoms with Gasteiger partial charge in [-0.3, -0.25) is 0 Å². The Morgan fingerprint density at radius 3 is 2.05 bits per heavy atom. The van der Waals surface area contributed by atoms with E-state index in [1.54, 1.807) is 30.3 Å². The molecule has 0 fully saturated rings. The van der Waals surface area contributed by atoms with E-state index in [9.17, 15) is 8.42 Å². The van der Waals surface area contributed by atoms with Crippen molar-refractivity contribution >= 4 is 9.84 Å². The second-order valence-corrected chi connectivity index (χ2v) is 5.63. The van der Waals surface area contributed by atoms with Gasteiger partial charge in [-0.15, -0.1) is 0 Å². The predicted molar refractivity (Wildman–Crippen MR) is 76.1 cm³/mol. The Kier molecular flexibility index (Phi) is 4.17. The van der Waals surface area contributed by atoms with Crippen molar-refractivity contribution in [2.24, 2.45) is 0 Å². The van der Waals surface area contributed by atoms with Gasteiger partial charge in [0.15, 0.2) is 9.84 Å². The Morgan fingerprint density at radius 1 is 0.842 bits per heavy atom. The lowest BCUT2D eigenvalue weighted by atomic mass is 10.2. The minimum atomic E-state index is -3.40. The van der Waals surface area contributed by atoms with Crippen molar-refractivity contribution in [2.45, 2.75) is 4.90 Å². The summed E-state index contributed by atoms with van der Waals surface area (Å²) >= 11 is 0. The molecule has 2 aromatic rings. The van der Waals surface area contributed by atoms with Gasteiger partial charge in [0.1, 0.15) is 0 Å². The summed E-state index contributed by atoms with van der Waals surface area (Å²) in [7, 11) is -3.40. The van der Waals surface area contributed by atoms with Crippen LogP contribution in [0.1, 0.15) is 5.56 Å². The number of benzene rings is 2. The van der Waals surface area contributed by atoms with Gasteiger partial charge in [0.25, 0.3) is 0 Å². The molecule has 0 bridgehead atoms. The fourth-order valence-corrected chi connectivity index (χ4v) is 2.40. The van der Waals surface area contributed by atoms with Gasteiger partial charge in [0, 0.05) is 17.0 Å². The van der Waals surface area contributed by atoms with E-state index in [-0.39, 0.29) is 4.90 Å². The maximum atomic E-state index is 11.9. The van der Waals surface area contributed by atoms with Crippen LogP contribution >= 0.6 is 0 Å². The highest BCUT2D eigenvalue weighted by Crippen LogP contribution is 2.10. The van der Waals surface area contributed by atoms with Crippen LogP contribution in [0.25, 0.3) is 0 Å². The maximum Gasteiger partial charge on any atom is 0.200 e. The Hall–Kier alpha value is -2.31. The normalized spacial score (nSPS) is 10.9. The van der Waals surface area contributed by atoms with Crippen LogP contribution in [-0.4, -0.2) is 8.42 Å². The molecule has 0 atom stereocenters. The molecule has 0 saturated carbocycles. The molecular formula is C16H12O2S. The van der Waals surface area contributed by atoms with E-state index >= 15 is 0 Å². The summed E-state index contributed by atoms with van der Waals surface area (Å²) in [5.41, 5.74) is 0.851. The number of hydrogen-bond acceptors (Lipinski definition) is 2. The molecule has 0 aliphatic heterocycles. The largest absolute Gasteiger partial charge is 0.219 e. The molecule has 19 heavy (non-hydrogen) atoms. The summed E-state index contributed by atoms with van der Waals surface area (Å²) in [4.78, 5) is 0.271. The minimum absolute atomic E-state index is 0.271. The van der Waals surface area contributed by atoms with Crippen molar-refractivity contribution in [3.8, 4) is 11.8 Å². The number of hydrogen-bond donors (Lipinski definition) is 0. The van der Waals surface area contributed by atoms with Crippen molar-refractivity contribution in [1.82, 2.24) is 0 Å². The quantitative estimate of drug-likeness (QED) is 0.785. The van der Waals surface area contributed by atoms with E-state index in [1.807, 2.05) is 30.3 Å². The lowest BCUT2D eigenvalue weighted by Gasteiger charge is -1.95. The van der Waals surface area contributed by atoms with E-state index in [4.69, 9.17) is 0 Å². The molecule has 94 valence electrons. The molecule has 0 unspecified atom stereocenters. The minimum Gasteiger partial charge on any atom is -0.219 e. The van der Waals surface area contributed by atoms with Crippen molar-refractivity contribution < 1.29 is 8.42 Å². The average Bonchev–Trinajstić information content (AvgIpc) is 2.46. The molecule has 0 amide bonds. The molecule has 0 spiro atoms. The van der Waals surface area contributed by atoms with Crippen LogP contribution in [-0.2, 0) is 9.84 Å². The van der Waals surface area contributed by atoms with Gasteiger partial charge in [-0.2, -0.15) is 0 Å². The smallest absolute Gasteiger partial charge is 0.200 e. The van der Waals surface area contributed by atoms with Crippen LogP contribution in [0.15, 0.2) is 77.0 Å². The molecule has 2 nitrogen and oxygen atoms in total. The summed E-state index contributed by atoms with van der Waals surface area (Å²) < 4.78 is 23.8. The molecule has 0 heterocycles. The van der Waals surface area contributed by atoms with Crippen LogP contribution in [0, 0.1) is 11.8 Å². The number of allylic oxidation sites excluding steroid dienone is 1. The van der Waals surface area contributed by atoms with Crippen LogP contribution in [0.5, 0.6) is 0 Å². The van der Waals surface area contributed by atoms with E-state index in [2.05, 4.69) is 11.8 Å². The summed E-state index contributed by atoms with van der Waals surface area (Å²) in [6, 6.07) is 17.7. The van der Waals surface area contributed by atoms with Crippen LogP contribution < -0.4 is 0 Å².